The summed E-state index contributed by atoms with van der Waals surface area (Å²) in [5.41, 5.74) is 0.508. The van der Waals surface area contributed by atoms with Gasteiger partial charge in [-0.15, -0.1) is 16.4 Å². The van der Waals surface area contributed by atoms with E-state index in [0.717, 1.165) is 10.4 Å². The smallest absolute Gasteiger partial charge is 0.308 e. The highest BCUT2D eigenvalue weighted by Crippen LogP contribution is 2.29. The molecule has 0 saturated carbocycles. The van der Waals surface area contributed by atoms with Crippen LogP contribution in [-0.4, -0.2) is 27.2 Å². The zero-order chi connectivity index (χ0) is 21.1. The lowest BCUT2D eigenvalue weighted by atomic mass is 10.2. The maximum absolute atomic E-state index is 12.7. The van der Waals surface area contributed by atoms with Crippen molar-refractivity contribution in [2.24, 2.45) is 0 Å². The van der Waals surface area contributed by atoms with E-state index in [0.29, 0.717) is 33.4 Å². The molecule has 0 atom stereocenters. The van der Waals surface area contributed by atoms with Gasteiger partial charge in [-0.05, 0) is 54.3 Å². The third-order valence-corrected chi connectivity index (χ3v) is 5.75. The van der Waals surface area contributed by atoms with Crippen molar-refractivity contribution in [3.8, 4) is 11.5 Å². The van der Waals surface area contributed by atoms with Gasteiger partial charge in [0.2, 0.25) is 4.96 Å². The number of hydrogen-bond donors (Lipinski definition) is 0. The first-order valence-electron chi connectivity index (χ1n) is 9.11. The fourth-order valence-corrected chi connectivity index (χ4v) is 4.27. The first-order valence-corrected chi connectivity index (χ1v) is 10.8. The number of thiophene rings is 1. The SMILES string of the molecule is CCOc1cc(/C=c2/sc3nc(/C=C/c4cccs4)nn3c2=O)ccc1OC(C)=O. The first-order chi connectivity index (χ1) is 14.5. The van der Waals surface area contributed by atoms with E-state index < -0.39 is 5.97 Å². The van der Waals surface area contributed by atoms with Crippen molar-refractivity contribution in [2.75, 3.05) is 6.61 Å². The molecule has 0 aliphatic heterocycles. The number of carbonyl (C=O) groups excluding carboxylic acids is 1. The van der Waals surface area contributed by atoms with E-state index in [2.05, 4.69) is 10.1 Å². The molecule has 0 bridgehead atoms. The molecule has 9 heteroatoms. The minimum absolute atomic E-state index is 0.236. The van der Waals surface area contributed by atoms with Gasteiger partial charge in [0.1, 0.15) is 0 Å². The van der Waals surface area contributed by atoms with Gasteiger partial charge in [0, 0.05) is 11.8 Å². The minimum Gasteiger partial charge on any atom is -0.490 e. The number of carbonyl (C=O) groups is 1. The molecule has 0 N–H and O–H groups in total. The average Bonchev–Trinajstić information content (AvgIpc) is 3.42. The molecule has 0 aliphatic carbocycles. The Morgan fingerprint density at radius 3 is 2.80 bits per heavy atom. The van der Waals surface area contributed by atoms with Crippen molar-refractivity contribution in [1.82, 2.24) is 14.6 Å². The molecule has 0 fully saturated rings. The number of benzene rings is 1. The molecule has 152 valence electrons. The molecule has 3 heterocycles. The number of aromatic nitrogens is 3. The zero-order valence-electron chi connectivity index (χ0n) is 16.2. The van der Waals surface area contributed by atoms with Crippen LogP contribution in [0.5, 0.6) is 11.5 Å². The number of fused-ring (bicyclic) bond motifs is 1. The molecule has 7 nitrogen and oxygen atoms in total. The van der Waals surface area contributed by atoms with E-state index in [1.165, 1.54) is 22.8 Å². The number of nitrogens with zero attached hydrogens (tertiary/aromatic N) is 3. The molecule has 0 unspecified atom stereocenters. The molecule has 0 aliphatic rings. The summed E-state index contributed by atoms with van der Waals surface area (Å²) in [6.07, 6.45) is 5.45. The third-order valence-electron chi connectivity index (χ3n) is 3.96. The molecule has 1 aromatic carbocycles. The lowest BCUT2D eigenvalue weighted by Gasteiger charge is -2.10. The molecule has 3 aromatic heterocycles. The van der Waals surface area contributed by atoms with Crippen molar-refractivity contribution < 1.29 is 14.3 Å². The van der Waals surface area contributed by atoms with Gasteiger partial charge in [0.15, 0.2) is 17.3 Å². The highest BCUT2D eigenvalue weighted by molar-refractivity contribution is 7.15. The minimum atomic E-state index is -0.427. The summed E-state index contributed by atoms with van der Waals surface area (Å²) in [7, 11) is 0. The first kappa shape index (κ1) is 20.0. The predicted octanol–water partition coefficient (Wildman–Crippen LogP) is 3.25. The van der Waals surface area contributed by atoms with Crippen molar-refractivity contribution in [1.29, 1.82) is 0 Å². The number of hydrogen-bond acceptors (Lipinski definition) is 8. The monoisotopic (exact) mass is 439 g/mol. The summed E-state index contributed by atoms with van der Waals surface area (Å²) in [6, 6.07) is 9.09. The Hall–Kier alpha value is -3.30. The summed E-state index contributed by atoms with van der Waals surface area (Å²) < 4.78 is 12.5. The van der Waals surface area contributed by atoms with Gasteiger partial charge >= 0.3 is 5.97 Å². The predicted molar refractivity (Wildman–Crippen MR) is 118 cm³/mol. The van der Waals surface area contributed by atoms with E-state index in [1.54, 1.807) is 41.7 Å². The van der Waals surface area contributed by atoms with Crippen LogP contribution in [0.25, 0.3) is 23.2 Å². The molecule has 0 radical (unpaired) electrons. The third kappa shape index (κ3) is 4.32. The molecule has 0 amide bonds. The Labute approximate surface area is 179 Å². The van der Waals surface area contributed by atoms with Gasteiger partial charge in [-0.3, -0.25) is 9.59 Å². The summed E-state index contributed by atoms with van der Waals surface area (Å²) in [4.78, 5) is 30.0. The van der Waals surface area contributed by atoms with Gasteiger partial charge in [-0.25, -0.2) is 0 Å². The molecular formula is C21H17N3O4S2. The Morgan fingerprint density at radius 2 is 2.10 bits per heavy atom. The van der Waals surface area contributed by atoms with Crippen LogP contribution in [0.15, 0.2) is 40.5 Å². The highest BCUT2D eigenvalue weighted by atomic mass is 32.1. The van der Waals surface area contributed by atoms with E-state index >= 15 is 0 Å². The normalized spacial score (nSPS) is 12.1. The van der Waals surface area contributed by atoms with Crippen molar-refractivity contribution in [3.05, 3.63) is 66.9 Å². The average molecular weight is 440 g/mol. The van der Waals surface area contributed by atoms with Gasteiger partial charge in [0.05, 0.1) is 11.1 Å². The number of ether oxygens (including phenoxy) is 2. The molecule has 4 aromatic rings. The van der Waals surface area contributed by atoms with Gasteiger partial charge in [0.25, 0.3) is 5.56 Å². The lowest BCUT2D eigenvalue weighted by molar-refractivity contribution is -0.132. The van der Waals surface area contributed by atoms with E-state index in [-0.39, 0.29) is 5.56 Å². The maximum atomic E-state index is 12.7. The summed E-state index contributed by atoms with van der Waals surface area (Å²) in [5.74, 6) is 0.842. The fraction of sp³-hybridized carbons (Fsp3) is 0.143. The second-order valence-electron chi connectivity index (χ2n) is 6.16. The zero-order valence-corrected chi connectivity index (χ0v) is 17.8. The van der Waals surface area contributed by atoms with Crippen molar-refractivity contribution in [2.45, 2.75) is 13.8 Å². The van der Waals surface area contributed by atoms with Crippen LogP contribution in [-0.2, 0) is 4.79 Å². The number of esters is 1. The van der Waals surface area contributed by atoms with Gasteiger partial charge < -0.3 is 9.47 Å². The van der Waals surface area contributed by atoms with Crippen LogP contribution in [0.2, 0.25) is 0 Å². The number of thiazole rings is 1. The molecule has 0 saturated heterocycles. The van der Waals surface area contributed by atoms with Crippen LogP contribution < -0.4 is 19.6 Å². The second kappa shape index (κ2) is 8.60. The molecule has 4 rings (SSSR count). The second-order valence-corrected chi connectivity index (χ2v) is 8.15. The molecule has 0 spiro atoms. The summed E-state index contributed by atoms with van der Waals surface area (Å²) in [5, 5.41) is 6.28. The molecule has 30 heavy (non-hydrogen) atoms. The Morgan fingerprint density at radius 1 is 1.23 bits per heavy atom. The van der Waals surface area contributed by atoms with Gasteiger partial charge in [-0.1, -0.05) is 23.5 Å². The van der Waals surface area contributed by atoms with Crippen LogP contribution >= 0.6 is 22.7 Å². The topological polar surface area (TPSA) is 82.8 Å². The standard InChI is InChI=1S/C21H17N3O4S2/c1-3-27-17-11-14(6-8-16(17)28-13(2)25)12-18-20(26)24-21(30-18)22-19(23-24)9-7-15-5-4-10-29-15/h4-12H,3H2,1-2H3/b9-7+,18-12+. The Bertz CT molecular complexity index is 1340. The van der Waals surface area contributed by atoms with E-state index in [1.807, 2.05) is 30.5 Å². The lowest BCUT2D eigenvalue weighted by Crippen LogP contribution is -2.23. The van der Waals surface area contributed by atoms with Gasteiger partial charge in [-0.2, -0.15) is 9.50 Å². The molecular weight excluding hydrogens is 422 g/mol. The summed E-state index contributed by atoms with van der Waals surface area (Å²) in [6.45, 7) is 3.59. The largest absolute Gasteiger partial charge is 0.490 e. The number of rotatable bonds is 6. The van der Waals surface area contributed by atoms with Crippen LogP contribution in [0.3, 0.4) is 0 Å². The fourth-order valence-electron chi connectivity index (χ4n) is 2.74. The van der Waals surface area contributed by atoms with Crippen LogP contribution in [0.1, 0.15) is 30.1 Å². The Balaban J connectivity index is 1.66. The van der Waals surface area contributed by atoms with Crippen LogP contribution in [0.4, 0.5) is 0 Å². The van der Waals surface area contributed by atoms with Crippen molar-refractivity contribution in [3.63, 3.8) is 0 Å². The van der Waals surface area contributed by atoms with E-state index in [9.17, 15) is 9.59 Å². The highest BCUT2D eigenvalue weighted by Gasteiger charge is 2.11. The van der Waals surface area contributed by atoms with Crippen LogP contribution in [0, 0.1) is 0 Å². The summed E-state index contributed by atoms with van der Waals surface area (Å²) >= 11 is 2.88. The van der Waals surface area contributed by atoms with Crippen molar-refractivity contribution >= 4 is 51.8 Å². The quantitative estimate of drug-likeness (QED) is 0.339. The van der Waals surface area contributed by atoms with E-state index in [4.69, 9.17) is 9.47 Å². The maximum Gasteiger partial charge on any atom is 0.308 e. The Kier molecular flexibility index (Phi) is 5.73.